The molecule has 3 aromatic carbocycles. The molecule has 6 heteroatoms. The Labute approximate surface area is 168 Å². The summed E-state index contributed by atoms with van der Waals surface area (Å²) in [6, 6.07) is 23.6. The zero-order chi connectivity index (χ0) is 19.6. The number of amides is 1. The molecule has 0 unspecified atom stereocenters. The number of carbonyl (C=O) groups is 1. The van der Waals surface area contributed by atoms with Gasteiger partial charge in [-0.15, -0.1) is 0 Å². The summed E-state index contributed by atoms with van der Waals surface area (Å²) >= 11 is 5.83. The van der Waals surface area contributed by atoms with Gasteiger partial charge in [0.25, 0.3) is 5.91 Å². The molecule has 0 aromatic heterocycles. The minimum atomic E-state index is -0.286. The van der Waals surface area contributed by atoms with Crippen molar-refractivity contribution < 1.29 is 19.0 Å². The fourth-order valence-electron chi connectivity index (χ4n) is 2.39. The lowest BCUT2D eigenvalue weighted by molar-refractivity contribution is -0.118. The highest BCUT2D eigenvalue weighted by Gasteiger charge is 2.08. The summed E-state index contributed by atoms with van der Waals surface area (Å²) in [7, 11) is 0. The fourth-order valence-corrected chi connectivity index (χ4v) is 2.52. The zero-order valence-electron chi connectivity index (χ0n) is 15.1. The van der Waals surface area contributed by atoms with Crippen LogP contribution >= 0.6 is 11.6 Å². The molecule has 0 aliphatic rings. The van der Waals surface area contributed by atoms with Crippen molar-refractivity contribution in [3.05, 3.63) is 83.9 Å². The monoisotopic (exact) mass is 397 g/mol. The van der Waals surface area contributed by atoms with Crippen LogP contribution in [0.25, 0.3) is 0 Å². The number of benzene rings is 3. The van der Waals surface area contributed by atoms with Crippen LogP contribution in [0.5, 0.6) is 17.2 Å². The summed E-state index contributed by atoms with van der Waals surface area (Å²) in [6.45, 7) is 0.627. The molecule has 28 heavy (non-hydrogen) atoms. The Hall–Kier alpha value is -3.18. The molecular weight excluding hydrogens is 378 g/mol. The maximum absolute atomic E-state index is 12.2. The smallest absolute Gasteiger partial charge is 0.262 e. The van der Waals surface area contributed by atoms with E-state index in [1.54, 1.807) is 36.4 Å². The molecule has 3 aromatic rings. The van der Waals surface area contributed by atoms with Gasteiger partial charge in [-0.3, -0.25) is 4.79 Å². The van der Waals surface area contributed by atoms with Crippen LogP contribution in [0.3, 0.4) is 0 Å². The van der Waals surface area contributed by atoms with Gasteiger partial charge in [-0.1, -0.05) is 41.9 Å². The number of halogens is 1. The number of para-hydroxylation sites is 3. The number of hydrogen-bond donors (Lipinski definition) is 1. The van der Waals surface area contributed by atoms with Gasteiger partial charge in [-0.2, -0.15) is 0 Å². The van der Waals surface area contributed by atoms with E-state index in [2.05, 4.69) is 5.32 Å². The van der Waals surface area contributed by atoms with Gasteiger partial charge in [0.05, 0.1) is 5.69 Å². The van der Waals surface area contributed by atoms with Crippen molar-refractivity contribution in [3.63, 3.8) is 0 Å². The van der Waals surface area contributed by atoms with Crippen molar-refractivity contribution in [3.8, 4) is 17.2 Å². The topological polar surface area (TPSA) is 56.8 Å². The van der Waals surface area contributed by atoms with E-state index in [0.29, 0.717) is 35.4 Å². The maximum atomic E-state index is 12.2. The van der Waals surface area contributed by atoms with Crippen LogP contribution in [0, 0.1) is 0 Å². The number of rotatable bonds is 9. The Balaban J connectivity index is 1.47. The highest BCUT2D eigenvalue weighted by Crippen LogP contribution is 2.24. The van der Waals surface area contributed by atoms with E-state index in [1.165, 1.54) is 0 Å². The molecule has 0 aliphatic heterocycles. The largest absolute Gasteiger partial charge is 0.490 e. The van der Waals surface area contributed by atoms with Gasteiger partial charge >= 0.3 is 0 Å². The van der Waals surface area contributed by atoms with E-state index in [1.807, 2.05) is 42.5 Å². The van der Waals surface area contributed by atoms with Gasteiger partial charge in [0, 0.05) is 5.02 Å². The summed E-state index contributed by atoms with van der Waals surface area (Å²) in [5.74, 6) is 1.64. The van der Waals surface area contributed by atoms with E-state index in [9.17, 15) is 4.79 Å². The number of carbonyl (C=O) groups excluding carboxylic acids is 1. The first kappa shape index (κ1) is 19.6. The Morgan fingerprint density at radius 1 is 0.750 bits per heavy atom. The average molecular weight is 398 g/mol. The number of hydrogen-bond acceptors (Lipinski definition) is 4. The minimum Gasteiger partial charge on any atom is -0.490 e. The number of ether oxygens (including phenoxy) is 3. The number of nitrogens with one attached hydrogen (secondary N) is 1. The summed E-state index contributed by atoms with van der Waals surface area (Å²) in [6.07, 6.45) is 0. The molecule has 144 valence electrons. The van der Waals surface area contributed by atoms with E-state index >= 15 is 0 Å². The van der Waals surface area contributed by atoms with Crippen LogP contribution in [0.2, 0.25) is 5.02 Å². The van der Waals surface area contributed by atoms with Crippen LogP contribution in [0.4, 0.5) is 5.69 Å². The van der Waals surface area contributed by atoms with Crippen molar-refractivity contribution in [2.75, 3.05) is 25.1 Å². The summed E-state index contributed by atoms with van der Waals surface area (Å²) < 4.78 is 16.8. The molecule has 0 fully saturated rings. The van der Waals surface area contributed by atoms with Gasteiger partial charge in [-0.05, 0) is 48.5 Å². The first-order chi connectivity index (χ1) is 13.7. The van der Waals surface area contributed by atoms with Crippen molar-refractivity contribution in [1.29, 1.82) is 0 Å². The molecule has 0 spiro atoms. The second-order valence-electron chi connectivity index (χ2n) is 5.80. The second kappa shape index (κ2) is 10.2. The minimum absolute atomic E-state index is 0.118. The standard InChI is InChI=1S/C22H20ClNO4/c23-17-10-12-19(13-11-17)28-16-22(25)24-20-8-4-5-9-21(20)27-15-14-26-18-6-2-1-3-7-18/h1-13H,14-16H2,(H,24,25). The molecule has 1 N–H and O–H groups in total. The molecule has 0 atom stereocenters. The van der Waals surface area contributed by atoms with Crippen molar-refractivity contribution in [2.45, 2.75) is 0 Å². The Bertz CT molecular complexity index is 885. The third-order valence-corrected chi connectivity index (χ3v) is 3.95. The lowest BCUT2D eigenvalue weighted by Crippen LogP contribution is -2.21. The van der Waals surface area contributed by atoms with Gasteiger partial charge in [0.1, 0.15) is 30.5 Å². The normalized spacial score (nSPS) is 10.2. The van der Waals surface area contributed by atoms with Gasteiger partial charge in [-0.25, -0.2) is 0 Å². The lowest BCUT2D eigenvalue weighted by atomic mass is 10.3. The molecule has 0 saturated carbocycles. The highest BCUT2D eigenvalue weighted by molar-refractivity contribution is 6.30. The summed E-state index contributed by atoms with van der Waals surface area (Å²) in [4.78, 5) is 12.2. The highest BCUT2D eigenvalue weighted by atomic mass is 35.5. The Kier molecular flexibility index (Phi) is 7.15. The van der Waals surface area contributed by atoms with Crippen molar-refractivity contribution >= 4 is 23.2 Å². The van der Waals surface area contributed by atoms with Gasteiger partial charge in [0.2, 0.25) is 0 Å². The lowest BCUT2D eigenvalue weighted by Gasteiger charge is -2.13. The third-order valence-electron chi connectivity index (χ3n) is 3.70. The molecule has 0 bridgehead atoms. The van der Waals surface area contributed by atoms with Gasteiger partial charge < -0.3 is 19.5 Å². The summed E-state index contributed by atoms with van der Waals surface area (Å²) in [5, 5.41) is 3.41. The molecular formula is C22H20ClNO4. The maximum Gasteiger partial charge on any atom is 0.262 e. The molecule has 1 amide bonds. The van der Waals surface area contributed by atoms with Crippen molar-refractivity contribution in [1.82, 2.24) is 0 Å². The molecule has 0 saturated heterocycles. The van der Waals surface area contributed by atoms with E-state index in [4.69, 9.17) is 25.8 Å². The zero-order valence-corrected chi connectivity index (χ0v) is 15.9. The average Bonchev–Trinajstić information content (AvgIpc) is 2.73. The van der Waals surface area contributed by atoms with Crippen LogP contribution < -0.4 is 19.5 Å². The van der Waals surface area contributed by atoms with Crippen LogP contribution in [-0.2, 0) is 4.79 Å². The van der Waals surface area contributed by atoms with Crippen LogP contribution in [0.1, 0.15) is 0 Å². The predicted molar refractivity (Wildman–Crippen MR) is 109 cm³/mol. The van der Waals surface area contributed by atoms with Gasteiger partial charge in [0.15, 0.2) is 6.61 Å². The van der Waals surface area contributed by atoms with E-state index < -0.39 is 0 Å². The van der Waals surface area contributed by atoms with Crippen LogP contribution in [0.15, 0.2) is 78.9 Å². The fraction of sp³-hybridized carbons (Fsp3) is 0.136. The quantitative estimate of drug-likeness (QED) is 0.526. The summed E-state index contributed by atoms with van der Waals surface area (Å²) in [5.41, 5.74) is 0.576. The SMILES string of the molecule is O=C(COc1ccc(Cl)cc1)Nc1ccccc1OCCOc1ccccc1. The Morgan fingerprint density at radius 2 is 1.39 bits per heavy atom. The molecule has 3 rings (SSSR count). The molecule has 0 heterocycles. The van der Waals surface area contributed by atoms with E-state index in [-0.39, 0.29) is 12.5 Å². The first-order valence-electron chi connectivity index (χ1n) is 8.78. The predicted octanol–water partition coefficient (Wildman–Crippen LogP) is 4.82. The first-order valence-corrected chi connectivity index (χ1v) is 9.16. The second-order valence-corrected chi connectivity index (χ2v) is 6.23. The van der Waals surface area contributed by atoms with Crippen molar-refractivity contribution in [2.24, 2.45) is 0 Å². The molecule has 0 radical (unpaired) electrons. The number of anilines is 1. The van der Waals surface area contributed by atoms with Crippen LogP contribution in [-0.4, -0.2) is 25.7 Å². The Morgan fingerprint density at radius 3 is 2.18 bits per heavy atom. The van der Waals surface area contributed by atoms with E-state index in [0.717, 1.165) is 5.75 Å². The molecule has 0 aliphatic carbocycles. The third kappa shape index (κ3) is 6.21. The molecule has 5 nitrogen and oxygen atoms in total.